The van der Waals surface area contributed by atoms with Gasteiger partial charge in [-0.1, -0.05) is 23.7 Å². The number of aryl methyl sites for hydroxylation is 1. The van der Waals surface area contributed by atoms with Crippen LogP contribution >= 0.6 is 35.6 Å². The Morgan fingerprint density at radius 1 is 1.35 bits per heavy atom. The molecule has 0 amide bonds. The average Bonchev–Trinajstić information content (AvgIpc) is 2.91. The van der Waals surface area contributed by atoms with Crippen LogP contribution in [0, 0.1) is 0 Å². The molecular formula is C15H22ClIN6. The third-order valence-corrected chi connectivity index (χ3v) is 3.46. The van der Waals surface area contributed by atoms with Crippen LogP contribution in [0.4, 0.5) is 0 Å². The SMILES string of the molecule is CCNC(=NCc1nncn1C)N(C)Cc1ccc(Cl)cc1.I. The highest BCUT2D eigenvalue weighted by Crippen LogP contribution is 2.11. The number of aliphatic imine (C=N–C) groups is 1. The molecule has 1 heterocycles. The summed E-state index contributed by atoms with van der Waals surface area (Å²) < 4.78 is 1.87. The van der Waals surface area contributed by atoms with E-state index in [-0.39, 0.29) is 24.0 Å². The smallest absolute Gasteiger partial charge is 0.194 e. The summed E-state index contributed by atoms with van der Waals surface area (Å²) in [7, 11) is 3.92. The Kier molecular flexibility index (Phi) is 8.32. The highest BCUT2D eigenvalue weighted by Gasteiger charge is 2.07. The largest absolute Gasteiger partial charge is 0.357 e. The Bertz CT molecular complexity index is 625. The predicted octanol–water partition coefficient (Wildman–Crippen LogP) is 2.68. The summed E-state index contributed by atoms with van der Waals surface area (Å²) in [5.41, 5.74) is 1.18. The number of aromatic nitrogens is 3. The molecular weight excluding hydrogens is 427 g/mol. The molecule has 1 aromatic heterocycles. The number of halogens is 2. The molecule has 23 heavy (non-hydrogen) atoms. The van der Waals surface area contributed by atoms with Crippen molar-refractivity contribution >= 4 is 41.5 Å². The zero-order valence-corrected chi connectivity index (χ0v) is 16.6. The molecule has 0 radical (unpaired) electrons. The first kappa shape index (κ1) is 19.7. The molecule has 2 rings (SSSR count). The lowest BCUT2D eigenvalue weighted by Crippen LogP contribution is -2.38. The molecule has 1 aromatic carbocycles. The third-order valence-electron chi connectivity index (χ3n) is 3.20. The molecule has 0 fully saturated rings. The molecule has 0 aliphatic carbocycles. The van der Waals surface area contributed by atoms with E-state index in [1.54, 1.807) is 6.33 Å². The van der Waals surface area contributed by atoms with Crippen LogP contribution in [0.5, 0.6) is 0 Å². The van der Waals surface area contributed by atoms with E-state index in [0.717, 1.165) is 29.9 Å². The number of rotatable bonds is 5. The van der Waals surface area contributed by atoms with E-state index < -0.39 is 0 Å². The Morgan fingerprint density at radius 3 is 2.61 bits per heavy atom. The van der Waals surface area contributed by atoms with Crippen LogP contribution in [0.25, 0.3) is 0 Å². The Balaban J connectivity index is 0.00000264. The fourth-order valence-electron chi connectivity index (χ4n) is 2.00. The maximum absolute atomic E-state index is 5.92. The molecule has 2 aromatic rings. The van der Waals surface area contributed by atoms with E-state index in [4.69, 9.17) is 11.6 Å². The number of nitrogens with zero attached hydrogens (tertiary/aromatic N) is 5. The zero-order valence-electron chi connectivity index (χ0n) is 13.5. The molecule has 0 saturated carbocycles. The van der Waals surface area contributed by atoms with E-state index in [1.165, 1.54) is 5.56 Å². The lowest BCUT2D eigenvalue weighted by Gasteiger charge is -2.22. The zero-order chi connectivity index (χ0) is 15.9. The summed E-state index contributed by atoms with van der Waals surface area (Å²) >= 11 is 5.92. The molecule has 0 bridgehead atoms. The average molecular weight is 449 g/mol. The molecule has 1 N–H and O–H groups in total. The predicted molar refractivity (Wildman–Crippen MR) is 104 cm³/mol. The van der Waals surface area contributed by atoms with Crippen LogP contribution in [-0.4, -0.2) is 39.2 Å². The van der Waals surface area contributed by atoms with Gasteiger partial charge in [-0.25, -0.2) is 4.99 Å². The van der Waals surface area contributed by atoms with Crippen molar-refractivity contribution in [2.75, 3.05) is 13.6 Å². The first-order chi connectivity index (χ1) is 10.6. The van der Waals surface area contributed by atoms with Gasteiger partial charge in [0.15, 0.2) is 11.8 Å². The van der Waals surface area contributed by atoms with Gasteiger partial charge in [-0.15, -0.1) is 34.2 Å². The number of hydrogen-bond donors (Lipinski definition) is 1. The van der Waals surface area contributed by atoms with Gasteiger partial charge in [-0.05, 0) is 24.6 Å². The van der Waals surface area contributed by atoms with Gasteiger partial charge in [-0.3, -0.25) is 0 Å². The summed E-state index contributed by atoms with van der Waals surface area (Å²) in [4.78, 5) is 6.68. The van der Waals surface area contributed by atoms with Gasteiger partial charge >= 0.3 is 0 Å². The summed E-state index contributed by atoms with van der Waals surface area (Å²) in [6.07, 6.45) is 1.68. The summed E-state index contributed by atoms with van der Waals surface area (Å²) in [6.45, 7) is 4.10. The highest BCUT2D eigenvalue weighted by molar-refractivity contribution is 14.0. The molecule has 0 atom stereocenters. The lowest BCUT2D eigenvalue weighted by molar-refractivity contribution is 0.476. The second-order valence-electron chi connectivity index (χ2n) is 5.01. The van der Waals surface area contributed by atoms with Crippen LogP contribution in [0.2, 0.25) is 5.02 Å². The minimum absolute atomic E-state index is 0. The second kappa shape index (κ2) is 9.71. The van der Waals surface area contributed by atoms with E-state index in [0.29, 0.717) is 6.54 Å². The standard InChI is InChI=1S/C15H21ClN6.HI/c1-4-17-15(18-9-14-20-19-11-22(14)3)21(2)10-12-5-7-13(16)8-6-12;/h5-8,11H,4,9-10H2,1-3H3,(H,17,18);1H. The number of nitrogens with one attached hydrogen (secondary N) is 1. The number of hydrogen-bond acceptors (Lipinski definition) is 3. The second-order valence-corrected chi connectivity index (χ2v) is 5.45. The molecule has 126 valence electrons. The molecule has 0 saturated heterocycles. The van der Waals surface area contributed by atoms with Gasteiger partial charge in [0, 0.05) is 32.2 Å². The summed E-state index contributed by atoms with van der Waals surface area (Å²) in [6, 6.07) is 7.83. The molecule has 0 unspecified atom stereocenters. The van der Waals surface area contributed by atoms with Crippen molar-refractivity contribution in [1.29, 1.82) is 0 Å². The van der Waals surface area contributed by atoms with Gasteiger partial charge in [0.2, 0.25) is 0 Å². The highest BCUT2D eigenvalue weighted by atomic mass is 127. The van der Waals surface area contributed by atoms with Gasteiger partial charge in [0.1, 0.15) is 12.9 Å². The fourth-order valence-corrected chi connectivity index (χ4v) is 2.13. The van der Waals surface area contributed by atoms with Crippen molar-refractivity contribution in [2.45, 2.75) is 20.0 Å². The lowest BCUT2D eigenvalue weighted by atomic mass is 10.2. The maximum atomic E-state index is 5.92. The van der Waals surface area contributed by atoms with Gasteiger partial charge in [-0.2, -0.15) is 0 Å². The topological polar surface area (TPSA) is 58.3 Å². The summed E-state index contributed by atoms with van der Waals surface area (Å²) in [5, 5.41) is 11.9. The van der Waals surface area contributed by atoms with Gasteiger partial charge < -0.3 is 14.8 Å². The molecule has 8 heteroatoms. The molecule has 0 spiro atoms. The van der Waals surface area contributed by atoms with Crippen molar-refractivity contribution < 1.29 is 0 Å². The van der Waals surface area contributed by atoms with Crippen molar-refractivity contribution in [1.82, 2.24) is 25.0 Å². The van der Waals surface area contributed by atoms with E-state index in [1.807, 2.05) is 49.9 Å². The Morgan fingerprint density at radius 2 is 2.04 bits per heavy atom. The van der Waals surface area contributed by atoms with Gasteiger partial charge in [0.25, 0.3) is 0 Å². The van der Waals surface area contributed by atoms with E-state index in [9.17, 15) is 0 Å². The normalized spacial score (nSPS) is 11.0. The van der Waals surface area contributed by atoms with Crippen molar-refractivity contribution in [2.24, 2.45) is 12.0 Å². The minimum Gasteiger partial charge on any atom is -0.357 e. The Hall–Kier alpha value is -1.35. The van der Waals surface area contributed by atoms with Crippen LogP contribution in [-0.2, 0) is 20.1 Å². The van der Waals surface area contributed by atoms with E-state index in [2.05, 4.69) is 25.4 Å². The van der Waals surface area contributed by atoms with Crippen LogP contribution < -0.4 is 5.32 Å². The van der Waals surface area contributed by atoms with Crippen LogP contribution in [0.1, 0.15) is 18.3 Å². The van der Waals surface area contributed by atoms with Crippen LogP contribution in [0.3, 0.4) is 0 Å². The third kappa shape index (κ3) is 5.98. The maximum Gasteiger partial charge on any atom is 0.194 e. The van der Waals surface area contributed by atoms with Crippen molar-refractivity contribution in [3.05, 3.63) is 47.0 Å². The quantitative estimate of drug-likeness (QED) is 0.434. The first-order valence-electron chi connectivity index (χ1n) is 7.17. The van der Waals surface area contributed by atoms with E-state index >= 15 is 0 Å². The number of guanidine groups is 1. The molecule has 0 aliphatic rings. The van der Waals surface area contributed by atoms with Crippen LogP contribution in [0.15, 0.2) is 35.6 Å². The molecule has 6 nitrogen and oxygen atoms in total. The monoisotopic (exact) mass is 448 g/mol. The molecule has 0 aliphatic heterocycles. The summed E-state index contributed by atoms with van der Waals surface area (Å²) in [5.74, 6) is 1.66. The number of benzene rings is 1. The van der Waals surface area contributed by atoms with Crippen molar-refractivity contribution in [3.63, 3.8) is 0 Å². The fraction of sp³-hybridized carbons (Fsp3) is 0.400. The minimum atomic E-state index is 0. The first-order valence-corrected chi connectivity index (χ1v) is 7.54. The van der Waals surface area contributed by atoms with Crippen molar-refractivity contribution in [3.8, 4) is 0 Å². The van der Waals surface area contributed by atoms with Gasteiger partial charge in [0.05, 0.1) is 0 Å². The Labute approximate surface area is 159 Å².